The quantitative estimate of drug-likeness (QED) is 0.423. The van der Waals surface area contributed by atoms with Crippen molar-refractivity contribution in [1.29, 1.82) is 0 Å². The molecule has 1 fully saturated rings. The maximum absolute atomic E-state index is 9.70. The molecule has 2 aromatic carbocycles. The van der Waals surface area contributed by atoms with Crippen molar-refractivity contribution in [2.45, 2.75) is 64.1 Å². The Morgan fingerprint density at radius 1 is 0.935 bits per heavy atom. The molecule has 0 amide bonds. The first-order valence-electron chi connectivity index (χ1n) is 12.1. The van der Waals surface area contributed by atoms with E-state index in [0.29, 0.717) is 15.2 Å². The van der Waals surface area contributed by atoms with E-state index < -0.39 is 0 Å². The summed E-state index contributed by atoms with van der Waals surface area (Å²) in [6.07, 6.45) is 3.71. The third-order valence-corrected chi connectivity index (χ3v) is 9.35. The number of rotatable bonds is 9. The van der Waals surface area contributed by atoms with Gasteiger partial charge in [-0.15, -0.1) is 0 Å². The molecule has 0 bridgehead atoms. The summed E-state index contributed by atoms with van der Waals surface area (Å²) in [5, 5.41) is 13.5. The molecule has 0 aliphatic carbocycles. The third kappa shape index (κ3) is 10.1. The van der Waals surface area contributed by atoms with Gasteiger partial charge in [-0.3, -0.25) is 0 Å². The van der Waals surface area contributed by atoms with E-state index >= 15 is 0 Å². The minimum Gasteiger partial charge on any atom is -0.392 e. The monoisotopic (exact) mass is 457 g/mol. The maximum Gasteiger partial charge on any atom is 0.237 e. The van der Waals surface area contributed by atoms with Crippen molar-refractivity contribution in [2.75, 3.05) is 19.6 Å². The molecule has 0 saturated carbocycles. The van der Waals surface area contributed by atoms with Crippen LogP contribution < -0.4 is 0 Å². The van der Waals surface area contributed by atoms with Crippen molar-refractivity contribution < 1.29 is 5.11 Å². The molecule has 1 N–H and O–H groups in total. The molecular weight excluding hydrogens is 417 g/mol. The maximum atomic E-state index is 9.70. The van der Waals surface area contributed by atoms with E-state index in [9.17, 15) is 5.11 Å². The van der Waals surface area contributed by atoms with Crippen molar-refractivity contribution in [3.63, 3.8) is 0 Å². The van der Waals surface area contributed by atoms with Crippen molar-refractivity contribution in [3.05, 3.63) is 58.6 Å². The molecule has 2 aromatic rings. The summed E-state index contributed by atoms with van der Waals surface area (Å²) < 4.78 is 0. The lowest BCUT2D eigenvalue weighted by Gasteiger charge is -2.15. The Kier molecular flexibility index (Phi) is 12.2. The molecule has 4 heteroatoms. The van der Waals surface area contributed by atoms with Crippen LogP contribution in [0.1, 0.15) is 51.7 Å². The molecule has 2 nitrogen and oxygen atoms in total. The molecule has 0 spiro atoms. The van der Waals surface area contributed by atoms with Crippen molar-refractivity contribution in [2.24, 2.45) is 11.8 Å². The van der Waals surface area contributed by atoms with Gasteiger partial charge in [0.15, 0.2) is 0 Å². The van der Waals surface area contributed by atoms with Gasteiger partial charge in [0.2, 0.25) is 15.2 Å². The lowest BCUT2D eigenvalue weighted by Crippen LogP contribution is -2.21. The van der Waals surface area contributed by atoms with Crippen LogP contribution in [-0.4, -0.2) is 44.9 Å². The Balaban J connectivity index is 0.000000323. The first-order chi connectivity index (χ1) is 14.9. The average Bonchev–Trinajstić information content (AvgIpc) is 3.26. The largest absolute Gasteiger partial charge is 0.392 e. The second kappa shape index (κ2) is 14.4. The standard InChI is InChI=1S/C19H22ClNO.2C4H9.Al.H/c20-18-6-4-16(5-7-18)19-8-3-15(13-17(19)14-22)9-12-21-10-1-2-11-21;2*1-4(2)3;;/h3-8,13,22H,1-2,9-12,14H2;2*4H,1H2,2-3H3;;. The summed E-state index contributed by atoms with van der Waals surface area (Å²) in [5.74, 6) is 1.91. The normalized spacial score (nSPS) is 14.1. The molecular formula is C27H41AlClNO. The van der Waals surface area contributed by atoms with Gasteiger partial charge in [-0.2, -0.15) is 0 Å². The number of halogens is 1. The molecule has 0 aromatic heterocycles. The van der Waals surface area contributed by atoms with Crippen LogP contribution in [0.3, 0.4) is 0 Å². The molecule has 1 saturated heterocycles. The van der Waals surface area contributed by atoms with Gasteiger partial charge in [0.1, 0.15) is 0 Å². The predicted molar refractivity (Wildman–Crippen MR) is 139 cm³/mol. The fourth-order valence-electron chi connectivity index (χ4n) is 4.07. The fourth-order valence-corrected chi connectivity index (χ4v) is 6.07. The minimum absolute atomic E-state index is 0.0650. The van der Waals surface area contributed by atoms with Gasteiger partial charge >= 0.3 is 0 Å². The van der Waals surface area contributed by atoms with Gasteiger partial charge in [0.25, 0.3) is 0 Å². The molecule has 1 heterocycles. The molecule has 0 unspecified atom stereocenters. The topological polar surface area (TPSA) is 23.5 Å². The van der Waals surface area contributed by atoms with Crippen LogP contribution in [0, 0.1) is 11.8 Å². The highest BCUT2D eigenvalue weighted by Crippen LogP contribution is 2.26. The lowest BCUT2D eigenvalue weighted by molar-refractivity contribution is 0.282. The summed E-state index contributed by atoms with van der Waals surface area (Å²) in [5.41, 5.74) is 4.47. The van der Waals surface area contributed by atoms with Crippen LogP contribution in [-0.2, 0) is 13.0 Å². The van der Waals surface area contributed by atoms with Gasteiger partial charge in [-0.1, -0.05) is 92.0 Å². The van der Waals surface area contributed by atoms with Crippen LogP contribution in [0.2, 0.25) is 15.6 Å². The second-order valence-corrected chi connectivity index (χ2v) is 12.0. The number of hydrogen-bond acceptors (Lipinski definition) is 2. The highest BCUT2D eigenvalue weighted by molar-refractivity contribution is 6.35. The van der Waals surface area contributed by atoms with Crippen LogP contribution >= 0.6 is 11.6 Å². The summed E-state index contributed by atoms with van der Waals surface area (Å²) in [6, 6.07) is 14.2. The first-order valence-corrected chi connectivity index (χ1v) is 14.5. The molecule has 31 heavy (non-hydrogen) atoms. The van der Waals surface area contributed by atoms with Crippen molar-refractivity contribution in [3.8, 4) is 11.1 Å². The van der Waals surface area contributed by atoms with E-state index in [1.54, 1.807) is 0 Å². The molecule has 0 radical (unpaired) electrons. The van der Waals surface area contributed by atoms with E-state index in [0.717, 1.165) is 46.5 Å². The van der Waals surface area contributed by atoms with Gasteiger partial charge in [-0.05, 0) is 66.7 Å². The van der Waals surface area contributed by atoms with E-state index in [1.165, 1.54) is 42.1 Å². The highest BCUT2D eigenvalue weighted by Gasteiger charge is 2.12. The Labute approximate surface area is 201 Å². The first kappa shape index (κ1) is 26.4. The van der Waals surface area contributed by atoms with Crippen LogP contribution in [0.5, 0.6) is 0 Å². The molecule has 1 aliphatic rings. The summed E-state index contributed by atoms with van der Waals surface area (Å²) in [4.78, 5) is 2.52. The minimum atomic E-state index is 0.0650. The number of hydrogen-bond donors (Lipinski definition) is 1. The van der Waals surface area contributed by atoms with E-state index in [-0.39, 0.29) is 6.61 Å². The summed E-state index contributed by atoms with van der Waals surface area (Å²) in [7, 11) is 0. The number of likely N-dealkylation sites (tertiary alicyclic amines) is 1. The number of aliphatic hydroxyl groups is 1. The van der Waals surface area contributed by atoms with Crippen molar-refractivity contribution >= 4 is 26.8 Å². The molecule has 0 atom stereocenters. The number of nitrogens with zero attached hydrogens (tertiary/aromatic N) is 1. The summed E-state index contributed by atoms with van der Waals surface area (Å²) >= 11 is 6.26. The van der Waals surface area contributed by atoms with Crippen LogP contribution in [0.25, 0.3) is 11.1 Å². The number of aliphatic hydroxyl groups excluding tert-OH is 1. The van der Waals surface area contributed by atoms with Crippen LogP contribution in [0.4, 0.5) is 0 Å². The zero-order valence-corrected chi connectivity index (χ0v) is 22.2. The highest BCUT2D eigenvalue weighted by atomic mass is 35.5. The molecule has 1 aliphatic heterocycles. The zero-order valence-electron chi connectivity index (χ0n) is 20.0. The van der Waals surface area contributed by atoms with E-state index in [1.807, 2.05) is 24.3 Å². The lowest BCUT2D eigenvalue weighted by atomic mass is 9.97. The average molecular weight is 458 g/mol. The smallest absolute Gasteiger partial charge is 0.237 e. The predicted octanol–water partition coefficient (Wildman–Crippen LogP) is 6.71. The zero-order chi connectivity index (χ0) is 22.6. The van der Waals surface area contributed by atoms with Crippen LogP contribution in [0.15, 0.2) is 42.5 Å². The van der Waals surface area contributed by atoms with Gasteiger partial charge < -0.3 is 10.0 Å². The Morgan fingerprint density at radius 2 is 1.55 bits per heavy atom. The van der Waals surface area contributed by atoms with Crippen molar-refractivity contribution in [1.82, 2.24) is 4.90 Å². The second-order valence-electron chi connectivity index (χ2n) is 9.67. The Morgan fingerprint density at radius 3 is 2.10 bits per heavy atom. The Bertz CT molecular complexity index is 746. The Hall–Kier alpha value is -0.818. The van der Waals surface area contributed by atoms with E-state index in [4.69, 9.17) is 11.6 Å². The SMILES string of the molecule is CC(C)[CH2][AlH][CH2]C(C)C.OCc1cc(CCN2CCCC2)ccc1-c1ccc(Cl)cc1. The van der Waals surface area contributed by atoms with E-state index in [2.05, 4.69) is 50.8 Å². The third-order valence-electron chi connectivity index (χ3n) is 5.97. The van der Waals surface area contributed by atoms with Gasteiger partial charge in [-0.25, -0.2) is 0 Å². The van der Waals surface area contributed by atoms with Gasteiger partial charge in [0.05, 0.1) is 6.61 Å². The molecule has 170 valence electrons. The molecule has 3 rings (SSSR count). The summed E-state index contributed by atoms with van der Waals surface area (Å²) in [6.45, 7) is 13.0. The van der Waals surface area contributed by atoms with Gasteiger partial charge in [0, 0.05) is 11.6 Å². The number of benzene rings is 2. The fraction of sp³-hybridized carbons (Fsp3) is 0.556.